The summed E-state index contributed by atoms with van der Waals surface area (Å²) >= 11 is 3.29. The van der Waals surface area contributed by atoms with E-state index in [1.165, 1.54) is 12.1 Å². The number of amides is 1. The van der Waals surface area contributed by atoms with Crippen LogP contribution in [0.5, 0.6) is 0 Å². The number of hydrogen-bond acceptors (Lipinski definition) is 3. The van der Waals surface area contributed by atoms with Crippen LogP contribution in [0.3, 0.4) is 0 Å². The van der Waals surface area contributed by atoms with Gasteiger partial charge in [0.05, 0.1) is 4.90 Å². The highest BCUT2D eigenvalue weighted by Gasteiger charge is 2.14. The van der Waals surface area contributed by atoms with Crippen molar-refractivity contribution in [2.75, 3.05) is 11.9 Å². The minimum atomic E-state index is -3.76. The quantitative estimate of drug-likeness (QED) is 0.782. The maximum absolute atomic E-state index is 12.8. The molecule has 0 aromatic heterocycles. The largest absolute Gasteiger partial charge is 0.326 e. The van der Waals surface area contributed by atoms with Crippen LogP contribution >= 0.6 is 15.9 Å². The number of nitrogens with one attached hydrogen (secondary N) is 2. The first kappa shape index (κ1) is 17.6. The fourth-order valence-corrected chi connectivity index (χ4v) is 3.22. The second kappa shape index (κ2) is 7.67. The fourth-order valence-electron chi connectivity index (χ4n) is 1.79. The van der Waals surface area contributed by atoms with Crippen LogP contribution in [-0.4, -0.2) is 20.9 Å². The van der Waals surface area contributed by atoms with Crippen molar-refractivity contribution < 1.29 is 17.6 Å². The predicted molar refractivity (Wildman–Crippen MR) is 89.0 cm³/mol. The second-order valence-corrected chi connectivity index (χ2v) is 7.34. The number of hydrogen-bond donors (Lipinski definition) is 2. The van der Waals surface area contributed by atoms with E-state index in [9.17, 15) is 17.6 Å². The van der Waals surface area contributed by atoms with Crippen LogP contribution in [-0.2, 0) is 14.8 Å². The Labute approximate surface area is 142 Å². The first-order valence-electron chi connectivity index (χ1n) is 6.67. The summed E-state index contributed by atoms with van der Waals surface area (Å²) in [6, 6.07) is 11.5. The molecule has 0 aliphatic heterocycles. The van der Waals surface area contributed by atoms with Crippen molar-refractivity contribution in [1.82, 2.24) is 4.72 Å². The molecular weight excluding hydrogens is 387 g/mol. The molecule has 2 N–H and O–H groups in total. The molecule has 2 aromatic carbocycles. The van der Waals surface area contributed by atoms with Gasteiger partial charge < -0.3 is 5.32 Å². The first-order valence-corrected chi connectivity index (χ1v) is 8.95. The van der Waals surface area contributed by atoms with Gasteiger partial charge in [-0.3, -0.25) is 4.79 Å². The molecule has 0 heterocycles. The molecular formula is C15H14BrFN2O3S. The van der Waals surface area contributed by atoms with Crippen LogP contribution in [0.1, 0.15) is 6.42 Å². The van der Waals surface area contributed by atoms with Gasteiger partial charge in [0.15, 0.2) is 0 Å². The lowest BCUT2D eigenvalue weighted by atomic mass is 10.3. The Hall–Kier alpha value is -1.77. The zero-order valence-corrected chi connectivity index (χ0v) is 14.3. The van der Waals surface area contributed by atoms with Gasteiger partial charge in [-0.05, 0) is 42.5 Å². The average Bonchev–Trinajstić information content (AvgIpc) is 2.47. The Balaban J connectivity index is 1.86. The van der Waals surface area contributed by atoms with Gasteiger partial charge in [0.1, 0.15) is 5.82 Å². The van der Waals surface area contributed by atoms with Gasteiger partial charge in [-0.2, -0.15) is 0 Å². The molecule has 0 spiro atoms. The summed E-state index contributed by atoms with van der Waals surface area (Å²) in [5, 5.41) is 2.66. The molecule has 0 saturated carbocycles. The maximum Gasteiger partial charge on any atom is 0.240 e. The zero-order valence-electron chi connectivity index (χ0n) is 11.9. The molecule has 0 aliphatic rings. The van der Waals surface area contributed by atoms with Gasteiger partial charge in [0.2, 0.25) is 15.9 Å². The Morgan fingerprint density at radius 2 is 1.83 bits per heavy atom. The average molecular weight is 401 g/mol. The van der Waals surface area contributed by atoms with Gasteiger partial charge in [-0.15, -0.1) is 0 Å². The van der Waals surface area contributed by atoms with Crippen molar-refractivity contribution in [2.45, 2.75) is 11.3 Å². The maximum atomic E-state index is 12.8. The fraction of sp³-hybridized carbons (Fsp3) is 0.133. The molecule has 0 radical (unpaired) electrons. The summed E-state index contributed by atoms with van der Waals surface area (Å²) in [5.74, 6) is -0.831. The molecule has 2 aromatic rings. The van der Waals surface area contributed by atoms with Crippen LogP contribution in [0.15, 0.2) is 57.9 Å². The highest BCUT2D eigenvalue weighted by Crippen LogP contribution is 2.15. The summed E-state index contributed by atoms with van der Waals surface area (Å²) < 4.78 is 39.8. The van der Waals surface area contributed by atoms with E-state index in [1.807, 2.05) is 6.07 Å². The van der Waals surface area contributed by atoms with Crippen molar-refractivity contribution in [3.8, 4) is 0 Å². The topological polar surface area (TPSA) is 75.3 Å². The molecule has 0 fully saturated rings. The summed E-state index contributed by atoms with van der Waals surface area (Å²) in [7, 11) is -3.76. The van der Waals surface area contributed by atoms with E-state index in [0.29, 0.717) is 5.69 Å². The van der Waals surface area contributed by atoms with Gasteiger partial charge in [0.25, 0.3) is 0 Å². The second-order valence-electron chi connectivity index (χ2n) is 4.66. The number of halogens is 2. The van der Waals surface area contributed by atoms with Gasteiger partial charge in [-0.25, -0.2) is 17.5 Å². The molecule has 2 rings (SSSR count). The summed E-state index contributed by atoms with van der Waals surface area (Å²) in [5.41, 5.74) is 0.616. The lowest BCUT2D eigenvalue weighted by Crippen LogP contribution is -2.27. The molecule has 1 amide bonds. The van der Waals surface area contributed by atoms with Crippen LogP contribution in [0, 0.1) is 5.82 Å². The van der Waals surface area contributed by atoms with Crippen LogP contribution in [0.25, 0.3) is 0 Å². The van der Waals surface area contributed by atoms with Crippen molar-refractivity contribution in [3.05, 3.63) is 58.8 Å². The van der Waals surface area contributed by atoms with E-state index in [2.05, 4.69) is 26.0 Å². The van der Waals surface area contributed by atoms with Gasteiger partial charge in [0, 0.05) is 23.1 Å². The number of carbonyl (C=O) groups is 1. The van der Waals surface area contributed by atoms with Crippen LogP contribution in [0.2, 0.25) is 0 Å². The smallest absolute Gasteiger partial charge is 0.240 e. The van der Waals surface area contributed by atoms with Crippen LogP contribution < -0.4 is 10.0 Å². The van der Waals surface area contributed by atoms with E-state index >= 15 is 0 Å². The minimum Gasteiger partial charge on any atom is -0.326 e. The Kier molecular flexibility index (Phi) is 5.86. The Bertz CT molecular complexity index is 795. The molecule has 8 heteroatoms. The molecule has 0 atom stereocenters. The van der Waals surface area contributed by atoms with Crippen LogP contribution in [0.4, 0.5) is 10.1 Å². The van der Waals surface area contributed by atoms with Crippen molar-refractivity contribution in [2.24, 2.45) is 0 Å². The molecule has 0 unspecified atom stereocenters. The van der Waals surface area contributed by atoms with Crippen molar-refractivity contribution in [3.63, 3.8) is 0 Å². The number of anilines is 1. The Morgan fingerprint density at radius 3 is 2.48 bits per heavy atom. The molecule has 0 aliphatic carbocycles. The van der Waals surface area contributed by atoms with E-state index in [1.54, 1.807) is 18.2 Å². The highest BCUT2D eigenvalue weighted by atomic mass is 79.9. The van der Waals surface area contributed by atoms with Gasteiger partial charge in [-0.1, -0.05) is 22.0 Å². The third kappa shape index (κ3) is 5.42. The van der Waals surface area contributed by atoms with Crippen molar-refractivity contribution in [1.29, 1.82) is 0 Å². The van der Waals surface area contributed by atoms with E-state index in [4.69, 9.17) is 0 Å². The third-order valence-electron chi connectivity index (χ3n) is 2.88. The Morgan fingerprint density at radius 1 is 1.13 bits per heavy atom. The predicted octanol–water partition coefficient (Wildman–Crippen LogP) is 2.90. The minimum absolute atomic E-state index is 0.0209. The van der Waals surface area contributed by atoms with Crippen molar-refractivity contribution >= 4 is 37.5 Å². The SMILES string of the molecule is O=C(CCNS(=O)(=O)c1ccc(F)cc1)Nc1cccc(Br)c1. The van der Waals surface area contributed by atoms with E-state index < -0.39 is 15.8 Å². The third-order valence-corrected chi connectivity index (χ3v) is 4.85. The number of rotatable bonds is 6. The molecule has 0 bridgehead atoms. The summed E-state index contributed by atoms with van der Waals surface area (Å²) in [4.78, 5) is 11.7. The number of carbonyl (C=O) groups excluding carboxylic acids is 1. The molecule has 23 heavy (non-hydrogen) atoms. The summed E-state index contributed by atoms with van der Waals surface area (Å²) in [6.07, 6.45) is -0.0209. The summed E-state index contributed by atoms with van der Waals surface area (Å²) in [6.45, 7) is -0.0560. The normalized spacial score (nSPS) is 11.2. The number of sulfonamides is 1. The first-order chi connectivity index (χ1) is 10.9. The lowest BCUT2D eigenvalue weighted by Gasteiger charge is -2.08. The van der Waals surface area contributed by atoms with E-state index in [-0.39, 0.29) is 23.8 Å². The monoisotopic (exact) mass is 400 g/mol. The number of benzene rings is 2. The highest BCUT2D eigenvalue weighted by molar-refractivity contribution is 9.10. The van der Waals surface area contributed by atoms with Gasteiger partial charge >= 0.3 is 0 Å². The molecule has 0 saturated heterocycles. The lowest BCUT2D eigenvalue weighted by molar-refractivity contribution is -0.116. The standard InChI is InChI=1S/C15H14BrFN2O3S/c16-11-2-1-3-13(10-11)19-15(20)8-9-18-23(21,22)14-6-4-12(17)5-7-14/h1-7,10,18H,8-9H2,(H,19,20). The zero-order chi connectivity index (χ0) is 16.9. The molecule has 5 nitrogen and oxygen atoms in total. The van der Waals surface area contributed by atoms with E-state index in [0.717, 1.165) is 16.6 Å². The molecule has 122 valence electrons.